The van der Waals surface area contributed by atoms with Crippen LogP contribution in [0.5, 0.6) is 11.5 Å². The van der Waals surface area contributed by atoms with E-state index in [2.05, 4.69) is 57.2 Å². The zero-order valence-electron chi connectivity index (χ0n) is 19.0. The zero-order valence-corrected chi connectivity index (χ0v) is 19.0. The maximum absolute atomic E-state index is 12.2. The highest BCUT2D eigenvalue weighted by Crippen LogP contribution is 2.54. The van der Waals surface area contributed by atoms with Crippen LogP contribution >= 0.6 is 0 Å². The van der Waals surface area contributed by atoms with Gasteiger partial charge in [-0.3, -0.25) is 4.79 Å². The quantitative estimate of drug-likeness (QED) is 0.536. The van der Waals surface area contributed by atoms with Crippen LogP contribution in [0.15, 0.2) is 48.5 Å². The van der Waals surface area contributed by atoms with Crippen LogP contribution in [0.2, 0.25) is 0 Å². The third kappa shape index (κ3) is 4.15. The minimum atomic E-state index is -0.304. The molecule has 0 radical (unpaired) electrons. The molecule has 3 nitrogen and oxygen atoms in total. The molecular formula is C28H34O3. The predicted molar refractivity (Wildman–Crippen MR) is 126 cm³/mol. The van der Waals surface area contributed by atoms with E-state index in [9.17, 15) is 9.90 Å². The molecule has 0 fully saturated rings. The Kier molecular flexibility index (Phi) is 6.22. The fraction of sp³-hybridized carbons (Fsp3) is 0.464. The molecule has 2 aromatic rings. The average Bonchev–Trinajstić information content (AvgIpc) is 2.78. The van der Waals surface area contributed by atoms with Crippen molar-refractivity contribution < 1.29 is 14.6 Å². The Morgan fingerprint density at radius 3 is 2.61 bits per heavy atom. The number of ether oxygens (including phenoxy) is 1. The molecule has 0 spiro atoms. The molecule has 3 heteroatoms. The number of aromatic hydroxyl groups is 1. The molecule has 1 heterocycles. The molecule has 1 aliphatic heterocycles. The Morgan fingerprint density at radius 2 is 1.90 bits per heavy atom. The second-order valence-corrected chi connectivity index (χ2v) is 9.22. The Balaban J connectivity index is 1.61. The number of carbonyl (C=O) groups excluding carboxylic acids is 1. The standard InChI is InChI=1S/C28H34O3/c1-4-28(5-2)24-15-14-22(29)18-23(24)27-25(30)16-21(17-26(27)31-28)19(3)10-9-13-20-11-7-6-8-12-20/h6-8,11-12,16-19,24,30H,4-5,9-10,13-15H2,1-3H3. The van der Waals surface area contributed by atoms with Gasteiger partial charge in [-0.25, -0.2) is 0 Å². The maximum Gasteiger partial charge on any atom is 0.156 e. The van der Waals surface area contributed by atoms with Crippen molar-refractivity contribution in [3.8, 4) is 11.5 Å². The third-order valence-electron chi connectivity index (χ3n) is 7.42. The van der Waals surface area contributed by atoms with E-state index in [0.717, 1.165) is 61.0 Å². The van der Waals surface area contributed by atoms with Crippen molar-refractivity contribution in [1.82, 2.24) is 0 Å². The van der Waals surface area contributed by atoms with E-state index in [1.165, 1.54) is 5.56 Å². The highest BCUT2D eigenvalue weighted by Gasteiger charge is 2.47. The number of fused-ring (bicyclic) bond motifs is 3. The third-order valence-corrected chi connectivity index (χ3v) is 7.42. The van der Waals surface area contributed by atoms with E-state index in [1.54, 1.807) is 6.08 Å². The highest BCUT2D eigenvalue weighted by atomic mass is 16.5. The van der Waals surface area contributed by atoms with Crippen LogP contribution in [0.1, 0.15) is 81.9 Å². The van der Waals surface area contributed by atoms with E-state index in [4.69, 9.17) is 4.74 Å². The molecule has 1 aliphatic carbocycles. The fourth-order valence-electron chi connectivity index (χ4n) is 5.46. The van der Waals surface area contributed by atoms with Crippen LogP contribution in [0, 0.1) is 5.92 Å². The first-order valence-corrected chi connectivity index (χ1v) is 11.8. The van der Waals surface area contributed by atoms with Crippen LogP contribution < -0.4 is 4.74 Å². The lowest BCUT2D eigenvalue weighted by atomic mass is 9.68. The number of benzene rings is 2. The first kappa shape index (κ1) is 21.7. The summed E-state index contributed by atoms with van der Waals surface area (Å²) in [5, 5.41) is 11.0. The summed E-state index contributed by atoms with van der Waals surface area (Å²) < 4.78 is 6.66. The summed E-state index contributed by atoms with van der Waals surface area (Å²) in [6.07, 6.45) is 8.09. The molecule has 4 rings (SSSR count). The van der Waals surface area contributed by atoms with E-state index in [0.29, 0.717) is 12.3 Å². The summed E-state index contributed by atoms with van der Waals surface area (Å²) in [5.74, 6) is 1.62. The second-order valence-electron chi connectivity index (χ2n) is 9.22. The lowest BCUT2D eigenvalue weighted by molar-refractivity contribution is -0.115. The molecule has 2 aromatic carbocycles. The topological polar surface area (TPSA) is 46.5 Å². The summed E-state index contributed by atoms with van der Waals surface area (Å²) in [4.78, 5) is 12.2. The lowest BCUT2D eigenvalue weighted by Crippen LogP contribution is -2.47. The van der Waals surface area contributed by atoms with Gasteiger partial charge in [0.2, 0.25) is 0 Å². The van der Waals surface area contributed by atoms with Gasteiger partial charge in [-0.15, -0.1) is 0 Å². The van der Waals surface area contributed by atoms with E-state index >= 15 is 0 Å². The van der Waals surface area contributed by atoms with Gasteiger partial charge in [0.1, 0.15) is 17.1 Å². The summed E-state index contributed by atoms with van der Waals surface area (Å²) in [7, 11) is 0. The van der Waals surface area contributed by atoms with Gasteiger partial charge in [-0.2, -0.15) is 0 Å². The first-order valence-electron chi connectivity index (χ1n) is 11.8. The Labute approximate surface area is 186 Å². The molecule has 0 amide bonds. The molecule has 1 N–H and O–H groups in total. The van der Waals surface area contributed by atoms with E-state index in [1.807, 2.05) is 6.07 Å². The number of hydrogen-bond acceptors (Lipinski definition) is 3. The zero-order chi connectivity index (χ0) is 22.0. The monoisotopic (exact) mass is 418 g/mol. The van der Waals surface area contributed by atoms with E-state index < -0.39 is 0 Å². The molecule has 0 aromatic heterocycles. The van der Waals surface area contributed by atoms with Gasteiger partial charge in [0.05, 0.1) is 5.56 Å². The SMILES string of the molecule is CCC1(CC)Oc2cc(C(C)CCCc3ccccc3)cc(O)c2C2=CC(=O)CCC21. The van der Waals surface area contributed by atoms with Gasteiger partial charge in [-0.05, 0) is 79.4 Å². The van der Waals surface area contributed by atoms with Gasteiger partial charge in [0, 0.05) is 12.3 Å². The van der Waals surface area contributed by atoms with Crippen LogP contribution in [0.25, 0.3) is 5.57 Å². The molecular weight excluding hydrogens is 384 g/mol. The van der Waals surface area contributed by atoms with Crippen molar-refractivity contribution in [1.29, 1.82) is 0 Å². The fourth-order valence-corrected chi connectivity index (χ4v) is 5.46. The smallest absolute Gasteiger partial charge is 0.156 e. The number of rotatable bonds is 7. The van der Waals surface area contributed by atoms with Gasteiger partial charge in [0.15, 0.2) is 5.78 Å². The number of hydrogen-bond donors (Lipinski definition) is 1. The minimum Gasteiger partial charge on any atom is -0.507 e. The van der Waals surface area contributed by atoms with E-state index in [-0.39, 0.29) is 23.1 Å². The first-order chi connectivity index (χ1) is 15.0. The summed E-state index contributed by atoms with van der Waals surface area (Å²) in [6.45, 7) is 6.55. The summed E-state index contributed by atoms with van der Waals surface area (Å²) in [5.41, 5.74) is 3.87. The van der Waals surface area contributed by atoms with Crippen molar-refractivity contribution in [2.45, 2.75) is 77.2 Å². The Hall–Kier alpha value is -2.55. The van der Waals surface area contributed by atoms with Crippen molar-refractivity contribution in [2.75, 3.05) is 0 Å². The number of carbonyl (C=O) groups is 1. The molecule has 31 heavy (non-hydrogen) atoms. The number of aryl methyl sites for hydroxylation is 1. The summed E-state index contributed by atoms with van der Waals surface area (Å²) in [6, 6.07) is 14.6. The van der Waals surface area contributed by atoms with Crippen molar-refractivity contribution in [3.63, 3.8) is 0 Å². The molecule has 2 aliphatic rings. The number of allylic oxidation sites excluding steroid dienone is 1. The Morgan fingerprint density at radius 1 is 1.16 bits per heavy atom. The van der Waals surface area contributed by atoms with Crippen molar-refractivity contribution >= 4 is 11.4 Å². The lowest BCUT2D eigenvalue weighted by Gasteiger charge is -2.47. The van der Waals surface area contributed by atoms with Crippen molar-refractivity contribution in [2.24, 2.45) is 5.92 Å². The van der Waals surface area contributed by atoms with Crippen molar-refractivity contribution in [3.05, 3.63) is 65.2 Å². The van der Waals surface area contributed by atoms with Gasteiger partial charge in [0.25, 0.3) is 0 Å². The van der Waals surface area contributed by atoms with Crippen LogP contribution in [-0.2, 0) is 11.2 Å². The number of phenols is 1. The molecule has 2 unspecified atom stereocenters. The van der Waals surface area contributed by atoms with Crippen LogP contribution in [-0.4, -0.2) is 16.5 Å². The van der Waals surface area contributed by atoms with Gasteiger partial charge < -0.3 is 9.84 Å². The van der Waals surface area contributed by atoms with Crippen LogP contribution in [0.3, 0.4) is 0 Å². The minimum absolute atomic E-state index is 0.151. The van der Waals surface area contributed by atoms with Crippen LogP contribution in [0.4, 0.5) is 0 Å². The number of phenolic OH excluding ortho intramolecular Hbond substituents is 1. The molecule has 2 atom stereocenters. The van der Waals surface area contributed by atoms with Gasteiger partial charge >= 0.3 is 0 Å². The molecule has 0 saturated heterocycles. The average molecular weight is 419 g/mol. The summed E-state index contributed by atoms with van der Waals surface area (Å²) >= 11 is 0. The second kappa shape index (κ2) is 8.90. The molecule has 0 bridgehead atoms. The number of ketones is 1. The Bertz CT molecular complexity index is 969. The predicted octanol–water partition coefficient (Wildman–Crippen LogP) is 6.83. The molecule has 0 saturated carbocycles. The maximum atomic E-state index is 12.2. The van der Waals surface area contributed by atoms with Gasteiger partial charge in [-0.1, -0.05) is 51.1 Å². The molecule has 164 valence electrons. The largest absolute Gasteiger partial charge is 0.507 e. The normalized spacial score (nSPS) is 20.3. The highest BCUT2D eigenvalue weighted by molar-refractivity contribution is 6.01.